The minimum absolute atomic E-state index is 0.0851. The van der Waals surface area contributed by atoms with Gasteiger partial charge >= 0.3 is 0 Å². The molecule has 0 bridgehead atoms. The summed E-state index contributed by atoms with van der Waals surface area (Å²) in [6.07, 6.45) is 0.769. The van der Waals surface area contributed by atoms with Crippen molar-refractivity contribution in [1.29, 1.82) is 0 Å². The number of aliphatic hydroxyl groups is 1. The van der Waals surface area contributed by atoms with Gasteiger partial charge in [-0.3, -0.25) is 4.79 Å². The molecule has 2 aromatic heterocycles. The van der Waals surface area contributed by atoms with Crippen LogP contribution in [0.25, 0.3) is 0 Å². The minimum Gasteiger partial charge on any atom is -0.466 e. The summed E-state index contributed by atoms with van der Waals surface area (Å²) < 4.78 is 5.24. The van der Waals surface area contributed by atoms with Gasteiger partial charge < -0.3 is 14.8 Å². The fourth-order valence-corrected chi connectivity index (χ4v) is 4.17. The first-order valence-corrected chi connectivity index (χ1v) is 9.79. The lowest BCUT2D eigenvalue weighted by atomic mass is 10.2. The quantitative estimate of drug-likeness (QED) is 0.600. The number of carbonyl (C=O) groups excluding carboxylic acids is 1. The summed E-state index contributed by atoms with van der Waals surface area (Å²) in [6.45, 7) is 2.50. The van der Waals surface area contributed by atoms with E-state index >= 15 is 0 Å². The van der Waals surface area contributed by atoms with Crippen LogP contribution in [0.15, 0.2) is 64.1 Å². The van der Waals surface area contributed by atoms with Crippen LogP contribution in [0.4, 0.5) is 0 Å². The SMILES string of the molecule is CCSc1ccccc1C(=O)NCc1ccc([C@@H](O)c2ccco2)s1. The number of furan rings is 1. The Labute approximate surface area is 154 Å². The molecule has 0 radical (unpaired) electrons. The van der Waals surface area contributed by atoms with E-state index in [-0.39, 0.29) is 5.91 Å². The summed E-state index contributed by atoms with van der Waals surface area (Å²) in [5, 5.41) is 13.2. The minimum atomic E-state index is -0.772. The Bertz CT molecular complexity index is 827. The maximum atomic E-state index is 12.5. The Hall–Kier alpha value is -2.02. The standard InChI is InChI=1S/C19H19NO3S2/c1-2-24-16-8-4-3-6-14(16)19(22)20-12-13-9-10-17(25-13)18(21)15-7-5-11-23-15/h3-11,18,21H,2,12H2,1H3,(H,20,22)/t18-/m0/s1. The molecule has 130 valence electrons. The van der Waals surface area contributed by atoms with Crippen LogP contribution in [-0.4, -0.2) is 16.8 Å². The zero-order chi connectivity index (χ0) is 17.6. The summed E-state index contributed by atoms with van der Waals surface area (Å²) in [5.41, 5.74) is 0.696. The van der Waals surface area contributed by atoms with E-state index in [1.165, 1.54) is 11.3 Å². The van der Waals surface area contributed by atoms with Gasteiger partial charge in [0.05, 0.1) is 18.4 Å². The van der Waals surface area contributed by atoms with Crippen LogP contribution in [0.5, 0.6) is 0 Å². The molecule has 1 aromatic carbocycles. The van der Waals surface area contributed by atoms with Crippen molar-refractivity contribution in [2.24, 2.45) is 0 Å². The lowest BCUT2D eigenvalue weighted by molar-refractivity contribution is 0.0948. The van der Waals surface area contributed by atoms with E-state index < -0.39 is 6.10 Å². The van der Waals surface area contributed by atoms with E-state index in [0.29, 0.717) is 17.9 Å². The van der Waals surface area contributed by atoms with Crippen LogP contribution < -0.4 is 5.32 Å². The van der Waals surface area contributed by atoms with Gasteiger partial charge in [0.2, 0.25) is 0 Å². The van der Waals surface area contributed by atoms with E-state index in [2.05, 4.69) is 12.2 Å². The number of nitrogens with one attached hydrogen (secondary N) is 1. The molecule has 0 spiro atoms. The monoisotopic (exact) mass is 373 g/mol. The molecule has 25 heavy (non-hydrogen) atoms. The fraction of sp³-hybridized carbons (Fsp3) is 0.211. The molecule has 4 nitrogen and oxygen atoms in total. The van der Waals surface area contributed by atoms with Gasteiger partial charge in [0.15, 0.2) is 0 Å². The molecule has 2 N–H and O–H groups in total. The van der Waals surface area contributed by atoms with Gasteiger partial charge in [-0.05, 0) is 42.2 Å². The summed E-state index contributed by atoms with van der Waals surface area (Å²) in [5.74, 6) is 1.35. The summed E-state index contributed by atoms with van der Waals surface area (Å²) >= 11 is 3.12. The highest BCUT2D eigenvalue weighted by Crippen LogP contribution is 2.29. The third kappa shape index (κ3) is 4.34. The van der Waals surface area contributed by atoms with Gasteiger partial charge in [-0.1, -0.05) is 19.1 Å². The first-order valence-electron chi connectivity index (χ1n) is 7.99. The Morgan fingerprint density at radius 2 is 2.08 bits per heavy atom. The average Bonchev–Trinajstić information content (AvgIpc) is 3.32. The molecule has 6 heteroatoms. The summed E-state index contributed by atoms with van der Waals surface area (Å²) in [4.78, 5) is 15.2. The van der Waals surface area contributed by atoms with Crippen LogP contribution in [0.1, 0.15) is 38.9 Å². The highest BCUT2D eigenvalue weighted by molar-refractivity contribution is 7.99. The van der Waals surface area contributed by atoms with Gasteiger partial charge in [-0.25, -0.2) is 0 Å². The van der Waals surface area contributed by atoms with E-state index in [0.717, 1.165) is 20.4 Å². The molecule has 0 aliphatic rings. The number of aliphatic hydroxyl groups excluding tert-OH is 1. The number of thioether (sulfide) groups is 1. The van der Waals surface area contributed by atoms with Crippen molar-refractivity contribution in [2.45, 2.75) is 24.5 Å². The van der Waals surface area contributed by atoms with E-state index in [1.807, 2.05) is 36.4 Å². The smallest absolute Gasteiger partial charge is 0.252 e. The number of benzene rings is 1. The molecule has 0 unspecified atom stereocenters. The molecule has 0 saturated heterocycles. The molecule has 0 aliphatic carbocycles. The number of hydrogen-bond donors (Lipinski definition) is 2. The van der Waals surface area contributed by atoms with E-state index in [4.69, 9.17) is 4.42 Å². The zero-order valence-electron chi connectivity index (χ0n) is 13.8. The maximum absolute atomic E-state index is 12.5. The third-order valence-corrected chi connectivity index (χ3v) is 5.71. The van der Waals surface area contributed by atoms with E-state index in [9.17, 15) is 9.90 Å². The lowest BCUT2D eigenvalue weighted by Crippen LogP contribution is -2.22. The van der Waals surface area contributed by atoms with Crippen LogP contribution in [-0.2, 0) is 6.54 Å². The van der Waals surface area contributed by atoms with Crippen molar-refractivity contribution < 1.29 is 14.3 Å². The average molecular weight is 373 g/mol. The molecule has 0 aliphatic heterocycles. The number of carbonyl (C=O) groups is 1. The van der Waals surface area contributed by atoms with Crippen LogP contribution in [0.2, 0.25) is 0 Å². The number of thiophene rings is 1. The second-order valence-corrected chi connectivity index (χ2v) is 7.84. The molecule has 1 atom stereocenters. The highest BCUT2D eigenvalue weighted by Gasteiger charge is 2.16. The summed E-state index contributed by atoms with van der Waals surface area (Å²) in [6, 6.07) is 14.9. The Kier molecular flexibility index (Phi) is 5.96. The molecular formula is C19H19NO3S2. The topological polar surface area (TPSA) is 62.5 Å². The van der Waals surface area contributed by atoms with E-state index in [1.54, 1.807) is 30.2 Å². The predicted molar refractivity (Wildman–Crippen MR) is 101 cm³/mol. The molecule has 0 saturated carbocycles. The molecular weight excluding hydrogens is 354 g/mol. The highest BCUT2D eigenvalue weighted by atomic mass is 32.2. The Balaban J connectivity index is 1.63. The van der Waals surface area contributed by atoms with Crippen LogP contribution in [0.3, 0.4) is 0 Å². The summed E-state index contributed by atoms with van der Waals surface area (Å²) in [7, 11) is 0. The maximum Gasteiger partial charge on any atom is 0.252 e. The molecule has 0 fully saturated rings. The first-order chi connectivity index (χ1) is 12.2. The lowest BCUT2D eigenvalue weighted by Gasteiger charge is -2.08. The number of rotatable bonds is 7. The van der Waals surface area contributed by atoms with Gasteiger partial charge in [0.1, 0.15) is 11.9 Å². The van der Waals surface area contributed by atoms with Crippen molar-refractivity contribution in [1.82, 2.24) is 5.32 Å². The number of hydrogen-bond acceptors (Lipinski definition) is 5. The molecule has 3 rings (SSSR count). The predicted octanol–water partition coefficient (Wildman–Crippen LogP) is 4.46. The van der Waals surface area contributed by atoms with Crippen molar-refractivity contribution >= 4 is 29.0 Å². The van der Waals surface area contributed by atoms with Crippen molar-refractivity contribution in [2.75, 3.05) is 5.75 Å². The van der Waals surface area contributed by atoms with Crippen LogP contribution >= 0.6 is 23.1 Å². The second-order valence-electron chi connectivity index (χ2n) is 5.33. The number of amides is 1. The van der Waals surface area contributed by atoms with Gasteiger partial charge in [0, 0.05) is 14.6 Å². The largest absolute Gasteiger partial charge is 0.466 e. The normalized spacial score (nSPS) is 12.1. The Morgan fingerprint density at radius 3 is 2.84 bits per heavy atom. The van der Waals surface area contributed by atoms with Gasteiger partial charge in [-0.15, -0.1) is 23.1 Å². The molecule has 2 heterocycles. The van der Waals surface area contributed by atoms with Gasteiger partial charge in [0.25, 0.3) is 5.91 Å². The van der Waals surface area contributed by atoms with Crippen molar-refractivity contribution in [3.63, 3.8) is 0 Å². The Morgan fingerprint density at radius 1 is 1.24 bits per heavy atom. The first kappa shape index (κ1) is 17.8. The van der Waals surface area contributed by atoms with Crippen molar-refractivity contribution in [3.8, 4) is 0 Å². The molecule has 1 amide bonds. The van der Waals surface area contributed by atoms with Gasteiger partial charge in [-0.2, -0.15) is 0 Å². The van der Waals surface area contributed by atoms with Crippen LogP contribution in [0, 0.1) is 0 Å². The third-order valence-electron chi connectivity index (χ3n) is 3.62. The molecule has 3 aromatic rings. The second kappa shape index (κ2) is 8.38. The fourth-order valence-electron chi connectivity index (χ4n) is 2.42. The zero-order valence-corrected chi connectivity index (χ0v) is 15.4. The van der Waals surface area contributed by atoms with Crippen molar-refractivity contribution in [3.05, 3.63) is 75.9 Å².